The highest BCUT2D eigenvalue weighted by Crippen LogP contribution is 2.26. The third kappa shape index (κ3) is 5.14. The van der Waals surface area contributed by atoms with Crippen molar-refractivity contribution in [2.24, 2.45) is 0 Å². The number of rotatable bonds is 11. The number of carboxylic acid groups (broad SMARTS) is 1. The smallest absolute Gasteiger partial charge is 0.326 e. The van der Waals surface area contributed by atoms with Crippen molar-refractivity contribution in [1.29, 1.82) is 0 Å². The molecule has 0 fully saturated rings. The number of hydrogen-bond donors (Lipinski definition) is 3. The van der Waals surface area contributed by atoms with Crippen molar-refractivity contribution in [3.63, 3.8) is 0 Å². The van der Waals surface area contributed by atoms with Gasteiger partial charge in [-0.1, -0.05) is 12.1 Å². The number of ether oxygens (including phenoxy) is 2. The molecule has 10 heteroatoms. The molecule has 1 aromatic carbocycles. The predicted molar refractivity (Wildman–Crippen MR) is 106 cm³/mol. The summed E-state index contributed by atoms with van der Waals surface area (Å²) in [7, 11) is 2.85. The van der Waals surface area contributed by atoms with Crippen molar-refractivity contribution in [3.05, 3.63) is 35.4 Å². The summed E-state index contributed by atoms with van der Waals surface area (Å²) < 4.78 is 10.1. The van der Waals surface area contributed by atoms with Crippen molar-refractivity contribution in [1.82, 2.24) is 10.2 Å². The van der Waals surface area contributed by atoms with Gasteiger partial charge in [-0.25, -0.2) is 4.79 Å². The highest BCUT2D eigenvalue weighted by atomic mass is 32.1. The molecule has 1 heterocycles. The number of thiol groups is 1. The van der Waals surface area contributed by atoms with Crippen LogP contribution in [0.4, 0.5) is 0 Å². The Labute approximate surface area is 173 Å². The Hall–Kier alpha value is -2.43. The van der Waals surface area contributed by atoms with E-state index in [2.05, 4.69) is 17.9 Å². The van der Waals surface area contributed by atoms with Gasteiger partial charge >= 0.3 is 5.97 Å². The first-order chi connectivity index (χ1) is 13.8. The summed E-state index contributed by atoms with van der Waals surface area (Å²) in [4.78, 5) is 50.7. The third-order valence-corrected chi connectivity index (χ3v) is 4.93. The molecule has 9 nitrogen and oxygen atoms in total. The molecule has 0 aromatic heterocycles. The number of nitrogens with one attached hydrogen (secondary N) is 1. The van der Waals surface area contributed by atoms with Gasteiger partial charge in [-0.05, 0) is 30.7 Å². The Balaban J connectivity index is 2.17. The SMILES string of the molecule is COC(CCC(NC(=O)C(CCS)N1C(=O)c2ccccc2C1=O)C(=O)O)OC. The van der Waals surface area contributed by atoms with Gasteiger partial charge < -0.3 is 19.9 Å². The van der Waals surface area contributed by atoms with Crippen LogP contribution < -0.4 is 5.32 Å². The zero-order valence-electron chi connectivity index (χ0n) is 16.2. The molecule has 0 saturated carbocycles. The van der Waals surface area contributed by atoms with Crippen LogP contribution in [0.25, 0.3) is 0 Å². The minimum Gasteiger partial charge on any atom is -0.480 e. The molecule has 2 N–H and O–H groups in total. The molecule has 0 bridgehead atoms. The maximum atomic E-state index is 12.8. The molecule has 0 saturated heterocycles. The molecule has 0 spiro atoms. The molecule has 158 valence electrons. The van der Waals surface area contributed by atoms with Crippen molar-refractivity contribution in [2.75, 3.05) is 20.0 Å². The molecule has 1 aliphatic heterocycles. The van der Waals surface area contributed by atoms with Gasteiger partial charge in [0.1, 0.15) is 12.1 Å². The topological polar surface area (TPSA) is 122 Å². The largest absolute Gasteiger partial charge is 0.480 e. The lowest BCUT2D eigenvalue weighted by molar-refractivity contribution is -0.144. The van der Waals surface area contributed by atoms with E-state index in [0.29, 0.717) is 0 Å². The zero-order chi connectivity index (χ0) is 21.6. The van der Waals surface area contributed by atoms with Crippen LogP contribution in [0.15, 0.2) is 24.3 Å². The van der Waals surface area contributed by atoms with E-state index in [1.54, 1.807) is 12.1 Å². The highest BCUT2D eigenvalue weighted by molar-refractivity contribution is 7.80. The van der Waals surface area contributed by atoms with Gasteiger partial charge in [-0.15, -0.1) is 0 Å². The van der Waals surface area contributed by atoms with Crippen molar-refractivity contribution >= 4 is 36.3 Å². The van der Waals surface area contributed by atoms with Gasteiger partial charge in [-0.3, -0.25) is 19.3 Å². The number of fused-ring (bicyclic) bond motifs is 1. The minimum atomic E-state index is -1.24. The van der Waals surface area contributed by atoms with Crippen LogP contribution in [0.5, 0.6) is 0 Å². The van der Waals surface area contributed by atoms with E-state index in [-0.39, 0.29) is 36.1 Å². The van der Waals surface area contributed by atoms with Gasteiger partial charge in [0, 0.05) is 20.6 Å². The number of hydrogen-bond acceptors (Lipinski definition) is 7. The van der Waals surface area contributed by atoms with Crippen LogP contribution in [0, 0.1) is 0 Å². The van der Waals surface area contributed by atoms with Crippen molar-refractivity contribution in [2.45, 2.75) is 37.6 Å². The monoisotopic (exact) mass is 424 g/mol. The van der Waals surface area contributed by atoms with E-state index in [0.717, 1.165) is 4.90 Å². The number of imide groups is 1. The first-order valence-electron chi connectivity index (χ1n) is 9.02. The molecule has 0 aliphatic carbocycles. The number of nitrogens with zero attached hydrogens (tertiary/aromatic N) is 1. The maximum absolute atomic E-state index is 12.8. The predicted octanol–water partition coefficient (Wildman–Crippen LogP) is 0.940. The second-order valence-electron chi connectivity index (χ2n) is 6.43. The number of carboxylic acids is 1. The molecule has 2 atom stereocenters. The number of carbonyl (C=O) groups excluding carboxylic acids is 3. The van der Waals surface area contributed by atoms with E-state index >= 15 is 0 Å². The van der Waals surface area contributed by atoms with Gasteiger partial charge in [0.05, 0.1) is 11.1 Å². The van der Waals surface area contributed by atoms with Crippen molar-refractivity contribution in [3.8, 4) is 0 Å². The van der Waals surface area contributed by atoms with Crippen LogP contribution in [-0.2, 0) is 19.1 Å². The Bertz CT molecular complexity index is 747. The van der Waals surface area contributed by atoms with Crippen LogP contribution in [0.1, 0.15) is 40.0 Å². The average Bonchev–Trinajstić information content (AvgIpc) is 2.96. The standard InChI is InChI=1S/C19H24N2O7S/c1-27-15(28-2)8-7-13(19(25)26)20-16(22)14(9-10-29)21-17(23)11-5-3-4-6-12(11)18(21)24/h3-6,13-15,29H,7-10H2,1-2H3,(H,20,22)(H,25,26). The Kier molecular flexibility index (Phi) is 8.18. The molecule has 1 aliphatic rings. The Morgan fingerprint density at radius 1 is 1.07 bits per heavy atom. The van der Waals surface area contributed by atoms with E-state index in [4.69, 9.17) is 9.47 Å². The summed E-state index contributed by atoms with van der Waals surface area (Å²) in [6.45, 7) is 0. The highest BCUT2D eigenvalue weighted by Gasteiger charge is 2.42. The first kappa shape index (κ1) is 22.9. The second kappa shape index (κ2) is 10.4. The van der Waals surface area contributed by atoms with Crippen molar-refractivity contribution < 1.29 is 33.8 Å². The zero-order valence-corrected chi connectivity index (χ0v) is 17.1. The van der Waals surface area contributed by atoms with Gasteiger partial charge in [-0.2, -0.15) is 12.6 Å². The number of methoxy groups -OCH3 is 2. The van der Waals surface area contributed by atoms with Gasteiger partial charge in [0.2, 0.25) is 5.91 Å². The summed E-state index contributed by atoms with van der Waals surface area (Å²) in [6, 6.07) is 3.89. The van der Waals surface area contributed by atoms with Crippen LogP contribution in [0.2, 0.25) is 0 Å². The summed E-state index contributed by atoms with van der Waals surface area (Å²) in [6.07, 6.45) is -0.249. The lowest BCUT2D eigenvalue weighted by Gasteiger charge is -2.26. The van der Waals surface area contributed by atoms with E-state index in [1.807, 2.05) is 0 Å². The van der Waals surface area contributed by atoms with E-state index in [1.165, 1.54) is 26.4 Å². The number of carbonyl (C=O) groups is 4. The van der Waals surface area contributed by atoms with Gasteiger partial charge in [0.25, 0.3) is 11.8 Å². The van der Waals surface area contributed by atoms with Crippen LogP contribution >= 0.6 is 12.6 Å². The normalized spacial score (nSPS) is 15.4. The summed E-state index contributed by atoms with van der Waals surface area (Å²) >= 11 is 4.11. The van der Waals surface area contributed by atoms with E-state index in [9.17, 15) is 24.3 Å². The van der Waals surface area contributed by atoms with E-state index < -0.39 is 42.1 Å². The fourth-order valence-electron chi connectivity index (χ4n) is 3.15. The van der Waals surface area contributed by atoms with Crippen LogP contribution in [0.3, 0.4) is 0 Å². The molecular weight excluding hydrogens is 400 g/mol. The molecular formula is C19H24N2O7S. The molecule has 2 unspecified atom stereocenters. The Morgan fingerprint density at radius 2 is 1.62 bits per heavy atom. The maximum Gasteiger partial charge on any atom is 0.326 e. The molecule has 0 radical (unpaired) electrons. The Morgan fingerprint density at radius 3 is 2.07 bits per heavy atom. The number of benzene rings is 1. The number of aliphatic carboxylic acids is 1. The average molecular weight is 424 g/mol. The second-order valence-corrected chi connectivity index (χ2v) is 6.88. The number of amides is 3. The molecule has 1 aromatic rings. The first-order valence-corrected chi connectivity index (χ1v) is 9.65. The lowest BCUT2D eigenvalue weighted by atomic mass is 10.1. The molecule has 3 amide bonds. The molecule has 2 rings (SSSR count). The summed E-state index contributed by atoms with van der Waals surface area (Å²) in [5.41, 5.74) is 0.430. The molecule has 29 heavy (non-hydrogen) atoms. The lowest BCUT2D eigenvalue weighted by Crippen LogP contribution is -2.53. The third-order valence-electron chi connectivity index (χ3n) is 4.67. The summed E-state index contributed by atoms with van der Waals surface area (Å²) in [5.74, 6) is -2.92. The fraction of sp³-hybridized carbons (Fsp3) is 0.474. The summed E-state index contributed by atoms with van der Waals surface area (Å²) in [5, 5.41) is 11.9. The minimum absolute atomic E-state index is 0.0448. The van der Waals surface area contributed by atoms with Gasteiger partial charge in [0.15, 0.2) is 6.29 Å². The fourth-order valence-corrected chi connectivity index (χ4v) is 3.40. The van der Waals surface area contributed by atoms with Crippen LogP contribution in [-0.4, -0.2) is 72.0 Å². The quantitative estimate of drug-likeness (QED) is 0.274.